The summed E-state index contributed by atoms with van der Waals surface area (Å²) in [5.74, 6) is -0.665. The van der Waals surface area contributed by atoms with Crippen LogP contribution in [0.2, 0.25) is 0 Å². The average molecular weight is 524 g/mol. The SMILES string of the molecule is CCC[C@H](N[C@H]1CCc2cc(F)cc(F)c2C1)C(=O)Nc1cn(CCCN[C@@H](C)c2ccc(C)cc2)cn1. The van der Waals surface area contributed by atoms with Crippen molar-refractivity contribution in [3.8, 4) is 0 Å². The van der Waals surface area contributed by atoms with Crippen LogP contribution in [0, 0.1) is 18.6 Å². The predicted octanol–water partition coefficient (Wildman–Crippen LogP) is 5.46. The minimum Gasteiger partial charge on any atom is -0.335 e. The first kappa shape index (κ1) is 27.9. The van der Waals surface area contributed by atoms with Gasteiger partial charge in [0.05, 0.1) is 12.4 Å². The van der Waals surface area contributed by atoms with Gasteiger partial charge >= 0.3 is 0 Å². The van der Waals surface area contributed by atoms with E-state index in [-0.39, 0.29) is 18.0 Å². The van der Waals surface area contributed by atoms with Crippen molar-refractivity contribution in [2.45, 2.75) is 84.0 Å². The number of hydrogen-bond acceptors (Lipinski definition) is 4. The van der Waals surface area contributed by atoms with Gasteiger partial charge in [0.15, 0.2) is 5.82 Å². The molecule has 1 aromatic heterocycles. The van der Waals surface area contributed by atoms with E-state index in [1.807, 2.05) is 17.7 Å². The van der Waals surface area contributed by atoms with Crippen molar-refractivity contribution in [2.75, 3.05) is 11.9 Å². The third-order valence-corrected chi connectivity index (χ3v) is 7.30. The largest absolute Gasteiger partial charge is 0.335 e. The Hall–Kier alpha value is -3.10. The summed E-state index contributed by atoms with van der Waals surface area (Å²) >= 11 is 0. The van der Waals surface area contributed by atoms with Crippen molar-refractivity contribution >= 4 is 11.7 Å². The summed E-state index contributed by atoms with van der Waals surface area (Å²) in [5.41, 5.74) is 3.80. The van der Waals surface area contributed by atoms with Crippen LogP contribution in [0.5, 0.6) is 0 Å². The number of aryl methyl sites for hydroxylation is 3. The number of benzene rings is 2. The Balaban J connectivity index is 1.24. The fraction of sp³-hybridized carbons (Fsp3) is 0.467. The molecule has 204 valence electrons. The Labute approximate surface area is 224 Å². The molecule has 0 saturated carbocycles. The maximum absolute atomic E-state index is 14.3. The lowest BCUT2D eigenvalue weighted by Crippen LogP contribution is -2.48. The number of carbonyl (C=O) groups excluding carboxylic acids is 1. The minimum absolute atomic E-state index is 0.0443. The molecule has 1 heterocycles. The Kier molecular flexibility index (Phi) is 9.63. The second-order valence-corrected chi connectivity index (χ2v) is 10.4. The topological polar surface area (TPSA) is 71.0 Å². The van der Waals surface area contributed by atoms with E-state index in [2.05, 4.69) is 59.0 Å². The highest BCUT2D eigenvalue weighted by Gasteiger charge is 2.27. The molecule has 0 bridgehead atoms. The number of nitrogens with one attached hydrogen (secondary N) is 3. The third-order valence-electron chi connectivity index (χ3n) is 7.30. The van der Waals surface area contributed by atoms with Gasteiger partial charge in [-0.05, 0) is 75.3 Å². The molecule has 8 heteroatoms. The highest BCUT2D eigenvalue weighted by molar-refractivity contribution is 5.94. The van der Waals surface area contributed by atoms with Crippen molar-refractivity contribution in [3.05, 3.63) is 82.8 Å². The van der Waals surface area contributed by atoms with Crippen molar-refractivity contribution in [3.63, 3.8) is 0 Å². The van der Waals surface area contributed by atoms with Gasteiger partial charge in [0.2, 0.25) is 5.91 Å². The first-order chi connectivity index (χ1) is 18.3. The van der Waals surface area contributed by atoms with Gasteiger partial charge < -0.3 is 20.5 Å². The summed E-state index contributed by atoms with van der Waals surface area (Å²) in [6.07, 6.45) is 7.78. The van der Waals surface area contributed by atoms with E-state index in [1.165, 1.54) is 17.2 Å². The van der Waals surface area contributed by atoms with Crippen LogP contribution in [0.4, 0.5) is 14.6 Å². The third kappa shape index (κ3) is 7.48. The lowest BCUT2D eigenvalue weighted by atomic mass is 9.87. The Morgan fingerprint density at radius 3 is 2.76 bits per heavy atom. The number of aromatic nitrogens is 2. The van der Waals surface area contributed by atoms with E-state index in [4.69, 9.17) is 0 Å². The van der Waals surface area contributed by atoms with E-state index < -0.39 is 17.7 Å². The maximum Gasteiger partial charge on any atom is 0.242 e. The molecule has 3 aromatic rings. The zero-order valence-electron chi connectivity index (χ0n) is 22.6. The number of fused-ring (bicyclic) bond motifs is 1. The van der Waals surface area contributed by atoms with Gasteiger partial charge in [0, 0.05) is 30.9 Å². The summed E-state index contributed by atoms with van der Waals surface area (Å²) in [6.45, 7) is 7.95. The Bertz CT molecular complexity index is 1210. The molecular formula is C30H39F2N5O. The molecule has 3 N–H and O–H groups in total. The standard InChI is InChI=1S/C30H39F2N5O/c1-4-6-28(35-25-12-11-23-15-24(31)16-27(32)26(23)17-25)30(38)36-29-18-37(19-34-29)14-5-13-33-21(3)22-9-7-20(2)8-10-22/h7-10,15-16,18-19,21,25,28,33,35H,4-6,11-14,17H2,1-3H3,(H,36,38)/t21-,25-,28-/m0/s1. The molecule has 3 atom stereocenters. The van der Waals surface area contributed by atoms with Crippen LogP contribution in [0.25, 0.3) is 0 Å². The monoisotopic (exact) mass is 523 g/mol. The lowest BCUT2D eigenvalue weighted by molar-refractivity contribution is -0.118. The van der Waals surface area contributed by atoms with Crippen molar-refractivity contribution in [1.29, 1.82) is 0 Å². The highest BCUT2D eigenvalue weighted by Crippen LogP contribution is 2.26. The first-order valence-corrected chi connectivity index (χ1v) is 13.7. The molecule has 1 aliphatic rings. The van der Waals surface area contributed by atoms with Crippen LogP contribution < -0.4 is 16.0 Å². The fourth-order valence-corrected chi connectivity index (χ4v) is 5.11. The van der Waals surface area contributed by atoms with Gasteiger partial charge in [0.25, 0.3) is 0 Å². The van der Waals surface area contributed by atoms with Crippen LogP contribution in [0.15, 0.2) is 48.9 Å². The number of carbonyl (C=O) groups is 1. The van der Waals surface area contributed by atoms with E-state index in [9.17, 15) is 13.6 Å². The predicted molar refractivity (Wildman–Crippen MR) is 147 cm³/mol. The molecule has 2 aromatic carbocycles. The summed E-state index contributed by atoms with van der Waals surface area (Å²) in [5, 5.41) is 9.91. The van der Waals surface area contributed by atoms with E-state index >= 15 is 0 Å². The van der Waals surface area contributed by atoms with Crippen molar-refractivity contribution in [1.82, 2.24) is 20.2 Å². The van der Waals surface area contributed by atoms with Crippen LogP contribution in [0.3, 0.4) is 0 Å². The van der Waals surface area contributed by atoms with Gasteiger partial charge in [0.1, 0.15) is 11.6 Å². The molecule has 0 fully saturated rings. The lowest BCUT2D eigenvalue weighted by Gasteiger charge is -2.29. The van der Waals surface area contributed by atoms with Crippen LogP contribution >= 0.6 is 0 Å². The average Bonchev–Trinajstić information content (AvgIpc) is 3.34. The molecule has 1 aliphatic carbocycles. The normalized spacial score (nSPS) is 16.6. The Morgan fingerprint density at radius 1 is 1.21 bits per heavy atom. The van der Waals surface area contributed by atoms with Gasteiger partial charge in [-0.2, -0.15) is 0 Å². The number of imidazole rings is 1. The highest BCUT2D eigenvalue weighted by atomic mass is 19.1. The summed E-state index contributed by atoms with van der Waals surface area (Å²) < 4.78 is 29.9. The quantitative estimate of drug-likeness (QED) is 0.276. The van der Waals surface area contributed by atoms with Crippen LogP contribution in [-0.4, -0.2) is 34.1 Å². The first-order valence-electron chi connectivity index (χ1n) is 13.7. The smallest absolute Gasteiger partial charge is 0.242 e. The second-order valence-electron chi connectivity index (χ2n) is 10.4. The van der Waals surface area contributed by atoms with E-state index in [0.29, 0.717) is 30.6 Å². The zero-order chi connectivity index (χ0) is 27.1. The Morgan fingerprint density at radius 2 is 2.00 bits per heavy atom. The minimum atomic E-state index is -0.539. The van der Waals surface area contributed by atoms with Crippen molar-refractivity contribution in [2.24, 2.45) is 0 Å². The van der Waals surface area contributed by atoms with E-state index in [1.54, 1.807) is 6.33 Å². The number of anilines is 1. The molecule has 0 spiro atoms. The van der Waals surface area contributed by atoms with Crippen molar-refractivity contribution < 1.29 is 13.6 Å². The fourth-order valence-electron chi connectivity index (χ4n) is 5.11. The molecule has 1 amide bonds. The second kappa shape index (κ2) is 13.1. The molecule has 0 radical (unpaired) electrons. The van der Waals surface area contributed by atoms with Gasteiger partial charge in [-0.25, -0.2) is 13.8 Å². The van der Waals surface area contributed by atoms with E-state index in [0.717, 1.165) is 44.0 Å². The van der Waals surface area contributed by atoms with Gasteiger partial charge in [-0.3, -0.25) is 4.79 Å². The number of nitrogens with zero attached hydrogens (tertiary/aromatic N) is 2. The molecule has 6 nitrogen and oxygen atoms in total. The van der Waals surface area contributed by atoms with Crippen LogP contribution in [0.1, 0.15) is 67.8 Å². The van der Waals surface area contributed by atoms with Crippen LogP contribution in [-0.2, 0) is 24.2 Å². The molecule has 0 unspecified atom stereocenters. The molecule has 38 heavy (non-hydrogen) atoms. The maximum atomic E-state index is 14.3. The van der Waals surface area contributed by atoms with Gasteiger partial charge in [-0.15, -0.1) is 0 Å². The molecule has 4 rings (SSSR count). The summed E-state index contributed by atoms with van der Waals surface area (Å²) in [7, 11) is 0. The summed E-state index contributed by atoms with van der Waals surface area (Å²) in [6, 6.07) is 10.8. The summed E-state index contributed by atoms with van der Waals surface area (Å²) in [4.78, 5) is 17.4. The number of halogens is 2. The molecule has 0 aliphatic heterocycles. The number of hydrogen-bond donors (Lipinski definition) is 3. The molecular weight excluding hydrogens is 484 g/mol. The molecule has 0 saturated heterocycles. The van der Waals surface area contributed by atoms with Gasteiger partial charge in [-0.1, -0.05) is 43.2 Å². The number of amides is 1. The number of rotatable bonds is 12. The zero-order valence-corrected chi connectivity index (χ0v) is 22.6.